The summed E-state index contributed by atoms with van der Waals surface area (Å²) in [5.41, 5.74) is 8.63. The van der Waals surface area contributed by atoms with Crippen molar-refractivity contribution in [2.45, 2.75) is 4.90 Å². The first-order valence-corrected chi connectivity index (χ1v) is 7.86. The number of hydrogen-bond acceptors (Lipinski definition) is 3. The fourth-order valence-electron chi connectivity index (χ4n) is 2.16. The van der Waals surface area contributed by atoms with Crippen molar-refractivity contribution in [2.75, 3.05) is 12.0 Å². The van der Waals surface area contributed by atoms with Gasteiger partial charge in [-0.25, -0.2) is 4.98 Å². The van der Waals surface area contributed by atoms with Gasteiger partial charge in [-0.05, 0) is 30.5 Å². The van der Waals surface area contributed by atoms with E-state index in [1.165, 1.54) is 0 Å². The number of nitrogen functional groups attached to an aromatic ring is 1. The molecule has 0 radical (unpaired) electrons. The van der Waals surface area contributed by atoms with Gasteiger partial charge in [-0.3, -0.25) is 4.57 Å². The van der Waals surface area contributed by atoms with Gasteiger partial charge in [-0.15, -0.1) is 11.8 Å². The second-order valence-corrected chi connectivity index (χ2v) is 5.89. The number of rotatable bonds is 2. The zero-order chi connectivity index (χ0) is 14.3. The Morgan fingerprint density at radius 3 is 2.60 bits per heavy atom. The van der Waals surface area contributed by atoms with Crippen LogP contribution in [-0.4, -0.2) is 15.8 Å². The quantitative estimate of drug-likeness (QED) is 0.699. The number of fused-ring (bicyclic) bond motifs is 1. The summed E-state index contributed by atoms with van der Waals surface area (Å²) in [5, 5.41) is 0.962. The highest BCUT2D eigenvalue weighted by atomic mass is 35.5. The minimum Gasteiger partial charge on any atom is -0.369 e. The van der Waals surface area contributed by atoms with Gasteiger partial charge in [0.05, 0.1) is 26.8 Å². The van der Waals surface area contributed by atoms with E-state index in [9.17, 15) is 0 Å². The molecule has 2 aromatic carbocycles. The minimum atomic E-state index is 0.417. The fourth-order valence-corrected chi connectivity index (χ4v) is 3.06. The molecule has 20 heavy (non-hydrogen) atoms. The van der Waals surface area contributed by atoms with Gasteiger partial charge in [0.25, 0.3) is 0 Å². The number of thioether (sulfide) groups is 1. The van der Waals surface area contributed by atoms with E-state index < -0.39 is 0 Å². The Morgan fingerprint density at radius 1 is 1.15 bits per heavy atom. The smallest absolute Gasteiger partial charge is 0.205 e. The molecule has 1 heterocycles. The molecular formula is C14H11Cl2N3S. The number of aromatic nitrogens is 2. The van der Waals surface area contributed by atoms with E-state index in [0.29, 0.717) is 16.0 Å². The number of nitrogens with zero attached hydrogens (tertiary/aromatic N) is 2. The molecule has 0 amide bonds. The van der Waals surface area contributed by atoms with Crippen LogP contribution in [0.15, 0.2) is 41.3 Å². The fraction of sp³-hybridized carbons (Fsp3) is 0.0714. The van der Waals surface area contributed by atoms with Gasteiger partial charge in [-0.2, -0.15) is 0 Å². The molecule has 102 valence electrons. The molecule has 0 atom stereocenters. The Morgan fingerprint density at radius 2 is 1.85 bits per heavy atom. The van der Waals surface area contributed by atoms with Gasteiger partial charge in [0.1, 0.15) is 0 Å². The Hall–Kier alpha value is -1.36. The highest BCUT2D eigenvalue weighted by Crippen LogP contribution is 2.33. The summed E-state index contributed by atoms with van der Waals surface area (Å²) in [6.07, 6.45) is 2.03. The third kappa shape index (κ3) is 2.14. The van der Waals surface area contributed by atoms with E-state index in [1.54, 1.807) is 23.9 Å². The van der Waals surface area contributed by atoms with Crippen LogP contribution in [0.2, 0.25) is 10.0 Å². The Labute approximate surface area is 130 Å². The SMILES string of the molecule is CSc1ccccc1-n1c(N)nc2cc(Cl)c(Cl)cc21. The molecule has 2 N–H and O–H groups in total. The predicted octanol–water partition coefficient (Wildman–Crippen LogP) is 4.64. The number of nitrogens with two attached hydrogens (primary N) is 1. The van der Waals surface area contributed by atoms with E-state index in [2.05, 4.69) is 4.98 Å². The maximum Gasteiger partial charge on any atom is 0.205 e. The first-order valence-electron chi connectivity index (χ1n) is 5.88. The third-order valence-corrected chi connectivity index (χ3v) is 4.56. The van der Waals surface area contributed by atoms with Crippen LogP contribution in [0, 0.1) is 0 Å². The van der Waals surface area contributed by atoms with Gasteiger partial charge in [0, 0.05) is 4.90 Å². The molecule has 3 rings (SSSR count). The second-order valence-electron chi connectivity index (χ2n) is 4.23. The van der Waals surface area contributed by atoms with Crippen LogP contribution in [0.1, 0.15) is 0 Å². The van der Waals surface area contributed by atoms with Crippen molar-refractivity contribution in [1.29, 1.82) is 0 Å². The van der Waals surface area contributed by atoms with E-state index in [4.69, 9.17) is 28.9 Å². The molecule has 0 aliphatic carbocycles. The topological polar surface area (TPSA) is 43.8 Å². The Balaban J connectivity index is 2.36. The average molecular weight is 324 g/mol. The van der Waals surface area contributed by atoms with Crippen LogP contribution < -0.4 is 5.73 Å². The van der Waals surface area contributed by atoms with Crippen LogP contribution in [0.4, 0.5) is 5.95 Å². The Kier molecular flexibility index (Phi) is 3.54. The maximum atomic E-state index is 6.11. The summed E-state index contributed by atoms with van der Waals surface area (Å²) in [6, 6.07) is 11.5. The lowest BCUT2D eigenvalue weighted by molar-refractivity contribution is 1.07. The summed E-state index contributed by atoms with van der Waals surface area (Å²) in [7, 11) is 0. The summed E-state index contributed by atoms with van der Waals surface area (Å²) < 4.78 is 1.89. The summed E-state index contributed by atoms with van der Waals surface area (Å²) in [4.78, 5) is 5.47. The summed E-state index contributed by atoms with van der Waals surface area (Å²) >= 11 is 13.8. The molecule has 0 saturated carbocycles. The molecule has 0 aliphatic rings. The highest BCUT2D eigenvalue weighted by molar-refractivity contribution is 7.98. The molecule has 0 unspecified atom stereocenters. The molecule has 0 bridgehead atoms. The first-order chi connectivity index (χ1) is 9.61. The molecule has 0 saturated heterocycles. The molecule has 0 spiro atoms. The lowest BCUT2D eigenvalue weighted by Gasteiger charge is -2.11. The highest BCUT2D eigenvalue weighted by Gasteiger charge is 2.14. The zero-order valence-corrected chi connectivity index (χ0v) is 12.9. The van der Waals surface area contributed by atoms with Gasteiger partial charge < -0.3 is 5.73 Å². The van der Waals surface area contributed by atoms with Gasteiger partial charge >= 0.3 is 0 Å². The normalized spacial score (nSPS) is 11.2. The number of anilines is 1. The van der Waals surface area contributed by atoms with Crippen molar-refractivity contribution in [1.82, 2.24) is 9.55 Å². The monoisotopic (exact) mass is 323 g/mol. The summed E-state index contributed by atoms with van der Waals surface area (Å²) in [6.45, 7) is 0. The predicted molar refractivity (Wildman–Crippen MR) is 87.3 cm³/mol. The molecular weight excluding hydrogens is 313 g/mol. The third-order valence-electron chi connectivity index (χ3n) is 3.05. The van der Waals surface area contributed by atoms with Crippen molar-refractivity contribution in [3.8, 4) is 5.69 Å². The van der Waals surface area contributed by atoms with Gasteiger partial charge in [-0.1, -0.05) is 35.3 Å². The van der Waals surface area contributed by atoms with Crippen LogP contribution in [-0.2, 0) is 0 Å². The van der Waals surface area contributed by atoms with Crippen molar-refractivity contribution in [3.05, 3.63) is 46.4 Å². The number of imidazole rings is 1. The number of para-hydroxylation sites is 1. The van der Waals surface area contributed by atoms with Crippen LogP contribution in [0.25, 0.3) is 16.7 Å². The number of halogens is 2. The van der Waals surface area contributed by atoms with E-state index >= 15 is 0 Å². The van der Waals surface area contributed by atoms with Crippen LogP contribution >= 0.6 is 35.0 Å². The van der Waals surface area contributed by atoms with Crippen molar-refractivity contribution >= 4 is 51.9 Å². The first kappa shape index (κ1) is 13.6. The molecule has 3 nitrogen and oxygen atoms in total. The number of benzene rings is 2. The molecule has 3 aromatic rings. The van der Waals surface area contributed by atoms with Crippen molar-refractivity contribution < 1.29 is 0 Å². The van der Waals surface area contributed by atoms with Crippen molar-refractivity contribution in [2.24, 2.45) is 0 Å². The standard InChI is InChI=1S/C14H11Cl2N3S/c1-20-13-5-3-2-4-11(13)19-12-7-9(16)8(15)6-10(12)18-14(19)17/h2-7H,1H3,(H2,17,18). The van der Waals surface area contributed by atoms with Crippen LogP contribution in [0.5, 0.6) is 0 Å². The zero-order valence-electron chi connectivity index (χ0n) is 10.6. The lowest BCUT2D eigenvalue weighted by atomic mass is 10.2. The molecule has 0 fully saturated rings. The molecule has 0 aliphatic heterocycles. The molecule has 6 heteroatoms. The maximum absolute atomic E-state index is 6.11. The van der Waals surface area contributed by atoms with Gasteiger partial charge in [0.2, 0.25) is 5.95 Å². The van der Waals surface area contributed by atoms with Crippen LogP contribution in [0.3, 0.4) is 0 Å². The van der Waals surface area contributed by atoms with E-state index in [0.717, 1.165) is 21.6 Å². The minimum absolute atomic E-state index is 0.417. The number of hydrogen-bond donors (Lipinski definition) is 1. The van der Waals surface area contributed by atoms with Crippen molar-refractivity contribution in [3.63, 3.8) is 0 Å². The lowest BCUT2D eigenvalue weighted by Crippen LogP contribution is -2.01. The molecule has 1 aromatic heterocycles. The van der Waals surface area contributed by atoms with Gasteiger partial charge in [0.15, 0.2) is 0 Å². The van der Waals surface area contributed by atoms with E-state index in [-0.39, 0.29) is 0 Å². The average Bonchev–Trinajstić information content (AvgIpc) is 2.74. The summed E-state index contributed by atoms with van der Waals surface area (Å²) in [5.74, 6) is 0.417. The Bertz CT molecular complexity index is 798. The second kappa shape index (κ2) is 5.20. The largest absolute Gasteiger partial charge is 0.369 e. The van der Waals surface area contributed by atoms with E-state index in [1.807, 2.05) is 35.1 Å².